The maximum absolute atomic E-state index is 12.6. The molecule has 0 heterocycles. The maximum atomic E-state index is 12.6. The number of hydrogen-bond donors (Lipinski definition) is 0. The molecule has 0 N–H and O–H groups in total. The number of Topliss-reactive ketones (excluding diaryl/α,β-unsaturated/α-hetero) is 1. The van der Waals surface area contributed by atoms with Crippen LogP contribution in [-0.4, -0.2) is 18.9 Å². The van der Waals surface area contributed by atoms with Gasteiger partial charge >= 0.3 is 5.97 Å². The Morgan fingerprint density at radius 2 is 1.43 bits per heavy atom. The van der Waals surface area contributed by atoms with Crippen molar-refractivity contribution in [2.24, 2.45) is 11.8 Å². The summed E-state index contributed by atoms with van der Waals surface area (Å²) in [5.41, 5.74) is 1.66. The monoisotopic (exact) mass is 280 g/mol. The number of ether oxygens (including phenoxy) is 1. The molecule has 0 amide bonds. The standard InChI is InChI=1S/C18H16O3/c1-21-18(20)16-14(12-8-4-2-5-9-12)15(16)17(19)13-10-6-3-7-11-13/h2-11,14-16H,1H3/t14-,15-,16-/m0/s1. The fourth-order valence-corrected chi connectivity index (χ4v) is 2.95. The Kier molecular flexibility index (Phi) is 3.57. The largest absolute Gasteiger partial charge is 0.469 e. The van der Waals surface area contributed by atoms with Crippen molar-refractivity contribution in [3.8, 4) is 0 Å². The molecule has 0 unspecified atom stereocenters. The van der Waals surface area contributed by atoms with Gasteiger partial charge in [-0.2, -0.15) is 0 Å². The molecule has 0 aliphatic heterocycles. The van der Waals surface area contributed by atoms with Crippen molar-refractivity contribution < 1.29 is 14.3 Å². The van der Waals surface area contributed by atoms with E-state index < -0.39 is 0 Å². The third kappa shape index (κ3) is 2.47. The molecule has 2 aromatic carbocycles. The van der Waals surface area contributed by atoms with Gasteiger partial charge < -0.3 is 4.74 Å². The first-order chi connectivity index (χ1) is 10.2. The van der Waals surface area contributed by atoms with Crippen molar-refractivity contribution >= 4 is 11.8 Å². The molecule has 21 heavy (non-hydrogen) atoms. The summed E-state index contributed by atoms with van der Waals surface area (Å²) in [6, 6.07) is 18.8. The summed E-state index contributed by atoms with van der Waals surface area (Å²) in [7, 11) is 1.37. The highest BCUT2D eigenvalue weighted by atomic mass is 16.5. The molecule has 1 saturated carbocycles. The van der Waals surface area contributed by atoms with Gasteiger partial charge in [0, 0.05) is 17.4 Å². The van der Waals surface area contributed by atoms with E-state index >= 15 is 0 Å². The van der Waals surface area contributed by atoms with Crippen LogP contribution < -0.4 is 0 Å². The lowest BCUT2D eigenvalue weighted by molar-refractivity contribution is -0.142. The second-order valence-electron chi connectivity index (χ2n) is 5.24. The van der Waals surface area contributed by atoms with Gasteiger partial charge in [0.05, 0.1) is 13.0 Å². The average Bonchev–Trinajstić information content (AvgIpc) is 3.30. The van der Waals surface area contributed by atoms with Crippen molar-refractivity contribution in [3.05, 3.63) is 71.8 Å². The number of carbonyl (C=O) groups is 2. The van der Waals surface area contributed by atoms with Gasteiger partial charge in [-0.05, 0) is 5.56 Å². The van der Waals surface area contributed by atoms with Crippen LogP contribution in [0.1, 0.15) is 21.8 Å². The average molecular weight is 280 g/mol. The van der Waals surface area contributed by atoms with Gasteiger partial charge in [0.1, 0.15) is 0 Å². The Balaban J connectivity index is 1.90. The zero-order valence-electron chi connectivity index (χ0n) is 11.7. The van der Waals surface area contributed by atoms with Gasteiger partial charge in [0.15, 0.2) is 5.78 Å². The molecule has 0 spiro atoms. The van der Waals surface area contributed by atoms with E-state index in [-0.39, 0.29) is 29.5 Å². The first-order valence-corrected chi connectivity index (χ1v) is 6.96. The van der Waals surface area contributed by atoms with E-state index in [0.717, 1.165) is 5.56 Å². The summed E-state index contributed by atoms with van der Waals surface area (Å²) in [6.07, 6.45) is 0. The molecule has 0 radical (unpaired) electrons. The molecule has 0 aromatic heterocycles. The third-order valence-corrected chi connectivity index (χ3v) is 4.04. The molecule has 1 aliphatic rings. The van der Waals surface area contributed by atoms with Crippen molar-refractivity contribution in [2.75, 3.05) is 7.11 Å². The lowest BCUT2D eigenvalue weighted by atomic mass is 10.0. The fraction of sp³-hybridized carbons (Fsp3) is 0.222. The topological polar surface area (TPSA) is 43.4 Å². The van der Waals surface area contributed by atoms with Crippen molar-refractivity contribution in [3.63, 3.8) is 0 Å². The van der Waals surface area contributed by atoms with Crippen molar-refractivity contribution in [2.45, 2.75) is 5.92 Å². The van der Waals surface area contributed by atoms with Crippen LogP contribution in [-0.2, 0) is 9.53 Å². The summed E-state index contributed by atoms with van der Waals surface area (Å²) >= 11 is 0. The van der Waals surface area contributed by atoms with Gasteiger partial charge in [-0.3, -0.25) is 9.59 Å². The van der Waals surface area contributed by atoms with Gasteiger partial charge in [-0.15, -0.1) is 0 Å². The summed E-state index contributed by atoms with van der Waals surface area (Å²) in [5, 5.41) is 0. The number of carbonyl (C=O) groups excluding carboxylic acids is 2. The zero-order valence-corrected chi connectivity index (χ0v) is 11.7. The molecule has 2 aromatic rings. The Morgan fingerprint density at radius 3 is 2.00 bits per heavy atom. The smallest absolute Gasteiger partial charge is 0.310 e. The minimum absolute atomic E-state index is 0.0138. The molecule has 3 nitrogen and oxygen atoms in total. The van der Waals surface area contributed by atoms with Crippen LogP contribution >= 0.6 is 0 Å². The molecule has 1 fully saturated rings. The van der Waals surface area contributed by atoms with E-state index in [1.165, 1.54) is 7.11 Å². The van der Waals surface area contributed by atoms with Gasteiger partial charge in [0.25, 0.3) is 0 Å². The molecular formula is C18H16O3. The summed E-state index contributed by atoms with van der Waals surface area (Å²) in [5.74, 6) is -1.06. The predicted molar refractivity (Wildman–Crippen MR) is 79.0 cm³/mol. The van der Waals surface area contributed by atoms with E-state index in [9.17, 15) is 9.59 Å². The van der Waals surface area contributed by atoms with E-state index in [0.29, 0.717) is 5.56 Å². The van der Waals surface area contributed by atoms with Crippen LogP contribution in [0.4, 0.5) is 0 Å². The second-order valence-corrected chi connectivity index (χ2v) is 5.24. The van der Waals surface area contributed by atoms with Gasteiger partial charge in [-0.1, -0.05) is 60.7 Å². The third-order valence-electron chi connectivity index (χ3n) is 4.04. The first-order valence-electron chi connectivity index (χ1n) is 6.96. The van der Waals surface area contributed by atoms with E-state index in [1.807, 2.05) is 48.5 Å². The summed E-state index contributed by atoms with van der Waals surface area (Å²) in [4.78, 5) is 24.5. The summed E-state index contributed by atoms with van der Waals surface area (Å²) < 4.78 is 4.85. The van der Waals surface area contributed by atoms with Crippen molar-refractivity contribution in [1.82, 2.24) is 0 Å². The number of esters is 1. The Labute approximate surface area is 123 Å². The van der Waals surface area contributed by atoms with Crippen LogP contribution in [0.2, 0.25) is 0 Å². The molecule has 106 valence electrons. The normalized spacial score (nSPS) is 23.4. The molecule has 3 heteroatoms. The highest BCUT2D eigenvalue weighted by Gasteiger charge is 2.60. The summed E-state index contributed by atoms with van der Waals surface area (Å²) in [6.45, 7) is 0. The van der Waals surface area contributed by atoms with Crippen molar-refractivity contribution in [1.29, 1.82) is 0 Å². The van der Waals surface area contributed by atoms with Crippen LogP contribution in [0.3, 0.4) is 0 Å². The van der Waals surface area contributed by atoms with E-state index in [2.05, 4.69) is 0 Å². The number of methoxy groups -OCH3 is 1. The van der Waals surface area contributed by atoms with Crippen LogP contribution in [0, 0.1) is 11.8 Å². The molecule has 1 aliphatic carbocycles. The molecule has 3 atom stereocenters. The van der Waals surface area contributed by atoms with Gasteiger partial charge in [0.2, 0.25) is 0 Å². The molecule has 0 saturated heterocycles. The lowest BCUT2D eigenvalue weighted by Gasteiger charge is -2.00. The number of ketones is 1. The molecular weight excluding hydrogens is 264 g/mol. The molecule has 3 rings (SSSR count). The first kappa shape index (κ1) is 13.6. The Hall–Kier alpha value is -2.42. The highest BCUT2D eigenvalue weighted by molar-refractivity contribution is 6.04. The number of hydrogen-bond acceptors (Lipinski definition) is 3. The Morgan fingerprint density at radius 1 is 0.857 bits per heavy atom. The number of benzene rings is 2. The lowest BCUT2D eigenvalue weighted by Crippen LogP contribution is -2.10. The van der Waals surface area contributed by atoms with Crippen LogP contribution in [0.15, 0.2) is 60.7 Å². The van der Waals surface area contributed by atoms with Crippen LogP contribution in [0.5, 0.6) is 0 Å². The maximum Gasteiger partial charge on any atom is 0.310 e. The minimum atomic E-state index is -0.370. The highest BCUT2D eigenvalue weighted by Crippen LogP contribution is 2.55. The van der Waals surface area contributed by atoms with E-state index in [4.69, 9.17) is 4.74 Å². The zero-order chi connectivity index (χ0) is 14.8. The fourth-order valence-electron chi connectivity index (χ4n) is 2.95. The van der Waals surface area contributed by atoms with E-state index in [1.54, 1.807) is 12.1 Å². The van der Waals surface area contributed by atoms with Crippen LogP contribution in [0.25, 0.3) is 0 Å². The van der Waals surface area contributed by atoms with Gasteiger partial charge in [-0.25, -0.2) is 0 Å². The number of rotatable bonds is 4. The predicted octanol–water partition coefficient (Wildman–Crippen LogP) is 3.07. The SMILES string of the molecule is COC(=O)[C@@H]1[C@@H](C(=O)c2ccccc2)[C@@H]1c1ccccc1. The Bertz CT molecular complexity index is 649. The molecule has 0 bridgehead atoms. The quantitative estimate of drug-likeness (QED) is 0.638. The second kappa shape index (κ2) is 5.52. The minimum Gasteiger partial charge on any atom is -0.469 e.